The summed E-state index contributed by atoms with van der Waals surface area (Å²) in [7, 11) is 0. The Morgan fingerprint density at radius 1 is 1.16 bits per heavy atom. The smallest absolute Gasteiger partial charge is 0.414 e. The molecule has 37 heavy (non-hydrogen) atoms. The molecule has 2 aromatic carbocycles. The second-order valence-electron chi connectivity index (χ2n) is 9.51. The van der Waals surface area contributed by atoms with Crippen molar-refractivity contribution in [2.45, 2.75) is 44.8 Å². The fraction of sp³-hybridized carbons (Fsp3) is 0.357. The number of fused-ring (bicyclic) bond motifs is 2. The Kier molecular flexibility index (Phi) is 8.48. The molecule has 0 spiro atoms. The lowest BCUT2D eigenvalue weighted by Gasteiger charge is -2.38. The molecule has 3 heterocycles. The summed E-state index contributed by atoms with van der Waals surface area (Å²) in [6.45, 7) is 6.46. The van der Waals surface area contributed by atoms with Gasteiger partial charge in [-0.15, -0.1) is 11.3 Å². The standard InChI is InChI=1S/C26H30N2O2S.C2H2O4/c1-17-16-31-26-7-6-19(13-23(17)26)20-9-11-28(18(2)12-20)14-21(29)15-30-25-5-3-4-24-22(25)8-10-27-24;3-1(4)2(5)6/h3-8,10,13,16,18,20-21,27,29H,9,11-12,14-15H2,1-2H3;(H,3,4)(H,5,6)/t18?,20?,21-;/m0./s1. The monoisotopic (exact) mass is 524 g/mol. The molecule has 4 N–H and O–H groups in total. The minimum Gasteiger partial charge on any atom is -0.490 e. The van der Waals surface area contributed by atoms with E-state index in [1.807, 2.05) is 41.8 Å². The van der Waals surface area contributed by atoms with Gasteiger partial charge in [0.05, 0.1) is 0 Å². The van der Waals surface area contributed by atoms with E-state index in [9.17, 15) is 5.11 Å². The number of aliphatic carboxylic acids is 2. The van der Waals surface area contributed by atoms with Gasteiger partial charge in [0.25, 0.3) is 0 Å². The number of likely N-dealkylation sites (tertiary alicyclic amines) is 1. The molecule has 1 saturated heterocycles. The number of carboxylic acids is 2. The average molecular weight is 525 g/mol. The van der Waals surface area contributed by atoms with E-state index in [4.69, 9.17) is 24.5 Å². The summed E-state index contributed by atoms with van der Waals surface area (Å²) >= 11 is 1.83. The van der Waals surface area contributed by atoms with Gasteiger partial charge in [0.2, 0.25) is 0 Å². The number of thiophene rings is 1. The summed E-state index contributed by atoms with van der Waals surface area (Å²) in [5, 5.41) is 30.1. The number of piperidine rings is 1. The van der Waals surface area contributed by atoms with E-state index in [1.54, 1.807) is 0 Å². The predicted molar refractivity (Wildman–Crippen MR) is 145 cm³/mol. The molecule has 5 rings (SSSR count). The first-order valence-electron chi connectivity index (χ1n) is 12.3. The van der Waals surface area contributed by atoms with Crippen molar-refractivity contribution in [1.29, 1.82) is 0 Å². The molecule has 1 aliphatic heterocycles. The summed E-state index contributed by atoms with van der Waals surface area (Å²) in [6.07, 6.45) is 3.68. The summed E-state index contributed by atoms with van der Waals surface area (Å²) in [4.78, 5) is 23.8. The number of nitrogens with one attached hydrogen (secondary N) is 1. The molecule has 0 amide bonds. The summed E-state index contributed by atoms with van der Waals surface area (Å²) in [6, 6.07) is 15.4. The summed E-state index contributed by atoms with van der Waals surface area (Å²) in [5.74, 6) is -2.23. The third-order valence-corrected chi connectivity index (χ3v) is 7.97. The first-order valence-corrected chi connectivity index (χ1v) is 13.2. The van der Waals surface area contributed by atoms with Crippen LogP contribution in [-0.2, 0) is 9.59 Å². The number of aromatic nitrogens is 1. The molecular weight excluding hydrogens is 492 g/mol. The number of β-amino-alcohol motifs (C(OH)–C–C–N with tert-alkyl or cyclic N) is 1. The van der Waals surface area contributed by atoms with E-state index in [1.165, 1.54) is 21.2 Å². The van der Waals surface area contributed by atoms with Crippen LogP contribution in [0.4, 0.5) is 0 Å². The van der Waals surface area contributed by atoms with Gasteiger partial charge < -0.3 is 25.0 Å². The highest BCUT2D eigenvalue weighted by molar-refractivity contribution is 7.17. The van der Waals surface area contributed by atoms with Crippen LogP contribution in [0, 0.1) is 6.92 Å². The molecule has 8 nitrogen and oxygen atoms in total. The zero-order valence-electron chi connectivity index (χ0n) is 20.9. The zero-order chi connectivity index (χ0) is 26.5. The van der Waals surface area contributed by atoms with E-state index in [2.05, 4.69) is 47.3 Å². The van der Waals surface area contributed by atoms with Gasteiger partial charge in [0.1, 0.15) is 18.5 Å². The number of aromatic amines is 1. The fourth-order valence-electron chi connectivity index (χ4n) is 4.91. The van der Waals surface area contributed by atoms with E-state index in [0.717, 1.165) is 36.0 Å². The van der Waals surface area contributed by atoms with Crippen molar-refractivity contribution >= 4 is 44.3 Å². The number of hydrogen-bond acceptors (Lipinski definition) is 6. The zero-order valence-corrected chi connectivity index (χ0v) is 21.7. The van der Waals surface area contributed by atoms with Crippen LogP contribution in [0.5, 0.6) is 5.75 Å². The van der Waals surface area contributed by atoms with E-state index in [-0.39, 0.29) is 0 Å². The van der Waals surface area contributed by atoms with Crippen molar-refractivity contribution in [3.8, 4) is 5.75 Å². The Balaban J connectivity index is 0.000000480. The average Bonchev–Trinajstić information content (AvgIpc) is 3.51. The summed E-state index contributed by atoms with van der Waals surface area (Å²) in [5.41, 5.74) is 3.90. The van der Waals surface area contributed by atoms with Crippen molar-refractivity contribution in [1.82, 2.24) is 9.88 Å². The molecule has 9 heteroatoms. The Hall–Kier alpha value is -3.40. The molecule has 1 aliphatic rings. The highest BCUT2D eigenvalue weighted by Gasteiger charge is 2.28. The molecule has 3 atom stereocenters. The van der Waals surface area contributed by atoms with Gasteiger partial charge in [-0.1, -0.05) is 12.1 Å². The van der Waals surface area contributed by atoms with Crippen LogP contribution in [0.15, 0.2) is 54.0 Å². The first-order chi connectivity index (χ1) is 17.7. The minimum absolute atomic E-state index is 0.311. The van der Waals surface area contributed by atoms with Crippen LogP contribution >= 0.6 is 11.3 Å². The van der Waals surface area contributed by atoms with Crippen molar-refractivity contribution in [3.05, 3.63) is 65.2 Å². The second kappa shape index (κ2) is 11.8. The highest BCUT2D eigenvalue weighted by atomic mass is 32.1. The number of hydrogen-bond donors (Lipinski definition) is 4. The maximum Gasteiger partial charge on any atom is 0.414 e. The second-order valence-corrected chi connectivity index (χ2v) is 10.4. The van der Waals surface area contributed by atoms with E-state index >= 15 is 0 Å². The predicted octanol–water partition coefficient (Wildman–Crippen LogP) is 4.85. The Morgan fingerprint density at radius 3 is 2.68 bits per heavy atom. The van der Waals surface area contributed by atoms with Crippen molar-refractivity contribution in [3.63, 3.8) is 0 Å². The van der Waals surface area contributed by atoms with Crippen LogP contribution in [0.1, 0.15) is 36.8 Å². The molecule has 4 aromatic rings. The van der Waals surface area contributed by atoms with Gasteiger partial charge >= 0.3 is 11.9 Å². The van der Waals surface area contributed by atoms with Gasteiger partial charge in [-0.3, -0.25) is 4.90 Å². The van der Waals surface area contributed by atoms with Crippen molar-refractivity contribution in [2.24, 2.45) is 0 Å². The SMILES string of the molecule is Cc1csc2ccc(C3CCN(C[C@H](O)COc4cccc5[nH]ccc45)C(C)C3)cc12.O=C(O)C(=O)O. The lowest BCUT2D eigenvalue weighted by molar-refractivity contribution is -0.159. The van der Waals surface area contributed by atoms with Crippen LogP contribution in [0.25, 0.3) is 21.0 Å². The number of aliphatic hydroxyl groups excluding tert-OH is 1. The van der Waals surface area contributed by atoms with Gasteiger partial charge in [0.15, 0.2) is 0 Å². The number of aliphatic hydroxyl groups is 1. The van der Waals surface area contributed by atoms with Gasteiger partial charge in [-0.2, -0.15) is 0 Å². The van der Waals surface area contributed by atoms with Crippen LogP contribution < -0.4 is 4.74 Å². The maximum absolute atomic E-state index is 10.6. The maximum atomic E-state index is 10.6. The number of carbonyl (C=O) groups is 2. The normalized spacial score (nSPS) is 18.8. The molecule has 2 unspecified atom stereocenters. The van der Waals surface area contributed by atoms with Crippen LogP contribution in [0.3, 0.4) is 0 Å². The first kappa shape index (κ1) is 26.7. The molecule has 0 saturated carbocycles. The number of benzene rings is 2. The number of rotatable bonds is 6. The van der Waals surface area contributed by atoms with Crippen molar-refractivity contribution < 1.29 is 29.6 Å². The molecular formula is C28H32N2O6S. The Morgan fingerprint density at radius 2 is 1.95 bits per heavy atom. The Bertz CT molecular complexity index is 1370. The number of H-pyrrole nitrogens is 1. The number of aryl methyl sites for hydroxylation is 1. The van der Waals surface area contributed by atoms with E-state index < -0.39 is 18.0 Å². The van der Waals surface area contributed by atoms with Gasteiger partial charge in [-0.25, -0.2) is 9.59 Å². The molecule has 196 valence electrons. The molecule has 0 aliphatic carbocycles. The Labute approximate surface area is 219 Å². The number of nitrogens with zero attached hydrogens (tertiary/aromatic N) is 1. The topological polar surface area (TPSA) is 123 Å². The molecule has 2 aromatic heterocycles. The molecule has 0 radical (unpaired) electrons. The highest BCUT2D eigenvalue weighted by Crippen LogP contribution is 2.35. The quantitative estimate of drug-likeness (QED) is 0.266. The van der Waals surface area contributed by atoms with Gasteiger partial charge in [-0.05, 0) is 91.4 Å². The number of ether oxygens (including phenoxy) is 1. The van der Waals surface area contributed by atoms with Crippen LogP contribution in [-0.4, -0.2) is 69.0 Å². The lowest BCUT2D eigenvalue weighted by Crippen LogP contribution is -2.45. The minimum atomic E-state index is -1.82. The molecule has 1 fully saturated rings. The molecule has 0 bridgehead atoms. The third kappa shape index (κ3) is 6.49. The lowest BCUT2D eigenvalue weighted by atomic mass is 9.85. The van der Waals surface area contributed by atoms with Gasteiger partial charge in [0, 0.05) is 34.4 Å². The fourth-order valence-corrected chi connectivity index (χ4v) is 5.84. The van der Waals surface area contributed by atoms with Crippen molar-refractivity contribution in [2.75, 3.05) is 19.7 Å². The van der Waals surface area contributed by atoms with Crippen LogP contribution in [0.2, 0.25) is 0 Å². The third-order valence-electron chi connectivity index (χ3n) is 6.89. The number of carboxylic acid groups (broad SMARTS) is 2. The van der Waals surface area contributed by atoms with E-state index in [0.29, 0.717) is 25.1 Å². The summed E-state index contributed by atoms with van der Waals surface area (Å²) < 4.78 is 7.34. The largest absolute Gasteiger partial charge is 0.490 e.